The van der Waals surface area contributed by atoms with Crippen molar-refractivity contribution in [2.24, 2.45) is 0 Å². The standard InChI is InChI=1S/C20H25N7O2/c1-15(16-6-4-3-5-7-16)27-10-8-17(24-27)21-20(28)25(2)14-19-23-22-18-9-12-29-13-11-26(18)19/h3-8,10,15H,9,11-14H2,1-2H3,(H,21,24,28). The van der Waals surface area contributed by atoms with E-state index in [1.165, 1.54) is 0 Å². The zero-order chi connectivity index (χ0) is 20.2. The molecule has 1 unspecified atom stereocenters. The van der Waals surface area contributed by atoms with Crippen LogP contribution in [-0.4, -0.2) is 55.7 Å². The van der Waals surface area contributed by atoms with Crippen LogP contribution < -0.4 is 5.32 Å². The lowest BCUT2D eigenvalue weighted by molar-refractivity contribution is 0.139. The van der Waals surface area contributed by atoms with Crippen LogP contribution in [0.25, 0.3) is 0 Å². The summed E-state index contributed by atoms with van der Waals surface area (Å²) in [6.45, 7) is 4.42. The second-order valence-electron chi connectivity index (χ2n) is 7.10. The second kappa shape index (κ2) is 8.44. The lowest BCUT2D eigenvalue weighted by Crippen LogP contribution is -2.32. The van der Waals surface area contributed by atoms with Crippen LogP contribution in [0.15, 0.2) is 42.6 Å². The number of nitrogens with one attached hydrogen (secondary N) is 1. The van der Waals surface area contributed by atoms with Crippen LogP contribution >= 0.6 is 0 Å². The summed E-state index contributed by atoms with van der Waals surface area (Å²) in [5.74, 6) is 2.17. The van der Waals surface area contributed by atoms with Gasteiger partial charge in [0.1, 0.15) is 5.82 Å². The van der Waals surface area contributed by atoms with Gasteiger partial charge >= 0.3 is 6.03 Å². The molecule has 1 aliphatic rings. The Kier molecular flexibility index (Phi) is 5.57. The summed E-state index contributed by atoms with van der Waals surface area (Å²) >= 11 is 0. The number of hydrogen-bond acceptors (Lipinski definition) is 5. The SMILES string of the molecule is CC(c1ccccc1)n1ccc(NC(=O)N(C)Cc2nnc3n2CCOCC3)n1. The number of benzene rings is 1. The minimum absolute atomic E-state index is 0.0771. The smallest absolute Gasteiger partial charge is 0.323 e. The van der Waals surface area contributed by atoms with Gasteiger partial charge in [-0.15, -0.1) is 10.2 Å². The maximum atomic E-state index is 12.6. The topological polar surface area (TPSA) is 90.1 Å². The van der Waals surface area contributed by atoms with Gasteiger partial charge in [-0.3, -0.25) is 10.00 Å². The predicted octanol–water partition coefficient (Wildman–Crippen LogP) is 2.32. The first-order chi connectivity index (χ1) is 14.1. The first-order valence-corrected chi connectivity index (χ1v) is 9.73. The Morgan fingerprint density at radius 3 is 2.90 bits per heavy atom. The number of carbonyl (C=O) groups excluding carboxylic acids is 1. The van der Waals surface area contributed by atoms with Crippen LogP contribution in [-0.2, 0) is 24.2 Å². The van der Waals surface area contributed by atoms with Gasteiger partial charge in [0, 0.05) is 32.3 Å². The van der Waals surface area contributed by atoms with Crippen molar-refractivity contribution >= 4 is 11.8 Å². The fourth-order valence-corrected chi connectivity index (χ4v) is 3.35. The van der Waals surface area contributed by atoms with Crippen molar-refractivity contribution in [1.82, 2.24) is 29.4 Å². The van der Waals surface area contributed by atoms with E-state index in [1.807, 2.05) is 33.6 Å². The average molecular weight is 395 g/mol. The van der Waals surface area contributed by atoms with Crippen molar-refractivity contribution < 1.29 is 9.53 Å². The average Bonchev–Trinajstić information content (AvgIpc) is 3.28. The third-order valence-electron chi connectivity index (χ3n) is 5.08. The summed E-state index contributed by atoms with van der Waals surface area (Å²) in [6, 6.07) is 11.7. The van der Waals surface area contributed by atoms with Crippen LogP contribution in [0.5, 0.6) is 0 Å². The molecule has 9 heteroatoms. The minimum atomic E-state index is -0.246. The zero-order valence-electron chi connectivity index (χ0n) is 16.7. The van der Waals surface area contributed by atoms with Gasteiger partial charge in [0.2, 0.25) is 0 Å². The molecular weight excluding hydrogens is 370 g/mol. The number of rotatable bonds is 5. The van der Waals surface area contributed by atoms with Gasteiger partial charge in [0.15, 0.2) is 11.6 Å². The molecule has 0 radical (unpaired) electrons. The first-order valence-electron chi connectivity index (χ1n) is 9.73. The van der Waals surface area contributed by atoms with Crippen molar-refractivity contribution in [3.8, 4) is 0 Å². The highest BCUT2D eigenvalue weighted by Gasteiger charge is 2.19. The second-order valence-corrected chi connectivity index (χ2v) is 7.10. The highest BCUT2D eigenvalue weighted by molar-refractivity contribution is 5.87. The number of nitrogens with zero attached hydrogens (tertiary/aromatic N) is 6. The quantitative estimate of drug-likeness (QED) is 0.716. The van der Waals surface area contributed by atoms with Gasteiger partial charge in [0.05, 0.1) is 25.8 Å². The molecule has 0 bridgehead atoms. The highest BCUT2D eigenvalue weighted by Crippen LogP contribution is 2.18. The Bertz CT molecular complexity index is 966. The molecule has 2 aromatic heterocycles. The van der Waals surface area contributed by atoms with Gasteiger partial charge in [0.25, 0.3) is 0 Å². The minimum Gasteiger partial charge on any atom is -0.379 e. The molecule has 3 aromatic rings. The van der Waals surface area contributed by atoms with Gasteiger partial charge in [-0.1, -0.05) is 30.3 Å². The van der Waals surface area contributed by atoms with Gasteiger partial charge in [-0.25, -0.2) is 4.79 Å². The molecule has 0 saturated heterocycles. The number of carbonyl (C=O) groups is 1. The van der Waals surface area contributed by atoms with E-state index in [9.17, 15) is 4.79 Å². The summed E-state index contributed by atoms with van der Waals surface area (Å²) < 4.78 is 9.35. The number of fused-ring (bicyclic) bond motifs is 1. The molecule has 0 saturated carbocycles. The molecule has 1 aliphatic heterocycles. The lowest BCUT2D eigenvalue weighted by atomic mass is 10.1. The fraction of sp³-hybridized carbons (Fsp3) is 0.400. The maximum absolute atomic E-state index is 12.6. The molecule has 152 valence electrons. The van der Waals surface area contributed by atoms with E-state index in [2.05, 4.69) is 39.7 Å². The lowest BCUT2D eigenvalue weighted by Gasteiger charge is -2.17. The number of aromatic nitrogens is 5. The molecule has 3 heterocycles. The van der Waals surface area contributed by atoms with Crippen LogP contribution in [0.2, 0.25) is 0 Å². The van der Waals surface area contributed by atoms with Crippen molar-refractivity contribution in [1.29, 1.82) is 0 Å². The highest BCUT2D eigenvalue weighted by atomic mass is 16.5. The third kappa shape index (κ3) is 4.29. The largest absolute Gasteiger partial charge is 0.379 e. The maximum Gasteiger partial charge on any atom is 0.323 e. The molecular formula is C20H25N7O2. The Morgan fingerprint density at radius 2 is 2.07 bits per heavy atom. The van der Waals surface area contributed by atoms with E-state index >= 15 is 0 Å². The van der Waals surface area contributed by atoms with Crippen LogP contribution in [0.4, 0.5) is 10.6 Å². The monoisotopic (exact) mass is 395 g/mol. The van der Waals surface area contributed by atoms with Gasteiger partial charge in [-0.2, -0.15) is 5.10 Å². The summed E-state index contributed by atoms with van der Waals surface area (Å²) in [6.07, 6.45) is 2.60. The molecule has 1 N–H and O–H groups in total. The summed E-state index contributed by atoms with van der Waals surface area (Å²) in [5, 5.41) is 15.8. The predicted molar refractivity (Wildman–Crippen MR) is 108 cm³/mol. The Labute approximate surface area is 169 Å². The molecule has 1 atom stereocenters. The van der Waals surface area contributed by atoms with E-state index in [1.54, 1.807) is 18.0 Å². The van der Waals surface area contributed by atoms with E-state index in [0.29, 0.717) is 32.1 Å². The van der Waals surface area contributed by atoms with Crippen molar-refractivity contribution in [3.63, 3.8) is 0 Å². The van der Waals surface area contributed by atoms with Gasteiger partial charge in [-0.05, 0) is 12.5 Å². The van der Waals surface area contributed by atoms with Crippen molar-refractivity contribution in [2.75, 3.05) is 25.6 Å². The zero-order valence-corrected chi connectivity index (χ0v) is 16.7. The van der Waals surface area contributed by atoms with Crippen molar-refractivity contribution in [2.45, 2.75) is 32.5 Å². The summed E-state index contributed by atoms with van der Waals surface area (Å²) in [4.78, 5) is 14.2. The van der Waals surface area contributed by atoms with E-state index in [-0.39, 0.29) is 12.1 Å². The Morgan fingerprint density at radius 1 is 1.24 bits per heavy atom. The Hall–Kier alpha value is -3.20. The molecule has 2 amide bonds. The third-order valence-corrected chi connectivity index (χ3v) is 5.08. The van der Waals surface area contributed by atoms with E-state index in [4.69, 9.17) is 4.74 Å². The molecule has 0 fully saturated rings. The summed E-state index contributed by atoms with van der Waals surface area (Å²) in [5.41, 5.74) is 1.15. The van der Waals surface area contributed by atoms with Crippen molar-refractivity contribution in [3.05, 3.63) is 59.8 Å². The number of anilines is 1. The molecule has 1 aromatic carbocycles. The fourth-order valence-electron chi connectivity index (χ4n) is 3.35. The van der Waals surface area contributed by atoms with Crippen LogP contribution in [0.1, 0.15) is 30.2 Å². The molecule has 9 nitrogen and oxygen atoms in total. The number of urea groups is 1. The number of hydrogen-bond donors (Lipinski definition) is 1. The molecule has 0 aliphatic carbocycles. The normalized spacial score (nSPS) is 14.7. The Balaban J connectivity index is 1.38. The van der Waals surface area contributed by atoms with E-state index < -0.39 is 0 Å². The molecule has 0 spiro atoms. The molecule has 4 rings (SSSR count). The summed E-state index contributed by atoms with van der Waals surface area (Å²) in [7, 11) is 1.73. The molecule has 29 heavy (non-hydrogen) atoms. The number of ether oxygens (including phenoxy) is 1. The van der Waals surface area contributed by atoms with Crippen LogP contribution in [0.3, 0.4) is 0 Å². The van der Waals surface area contributed by atoms with Gasteiger partial charge < -0.3 is 14.2 Å². The number of amides is 2. The first kappa shape index (κ1) is 19.1. The van der Waals surface area contributed by atoms with Crippen LogP contribution in [0, 0.1) is 0 Å². The van der Waals surface area contributed by atoms with E-state index in [0.717, 1.165) is 23.6 Å².